The maximum atomic E-state index is 11.7. The average molecular weight is 306 g/mol. The van der Waals surface area contributed by atoms with Gasteiger partial charge >= 0.3 is 0 Å². The minimum atomic E-state index is -0.519. The van der Waals surface area contributed by atoms with E-state index < -0.39 is 5.91 Å². The summed E-state index contributed by atoms with van der Waals surface area (Å²) < 4.78 is 5.16. The third-order valence-corrected chi connectivity index (χ3v) is 3.43. The zero-order chi connectivity index (χ0) is 15.6. The van der Waals surface area contributed by atoms with Crippen LogP contribution >= 0.6 is 11.6 Å². The summed E-state index contributed by atoms with van der Waals surface area (Å²) in [5.74, 6) is 0.0364. The number of methoxy groups -OCH3 is 1. The summed E-state index contributed by atoms with van der Waals surface area (Å²) in [5.41, 5.74) is 8.00. The second kappa shape index (κ2) is 6.01. The van der Waals surface area contributed by atoms with Gasteiger partial charge in [0, 0.05) is 30.9 Å². The molecule has 1 aromatic carbocycles. The highest BCUT2D eigenvalue weighted by Crippen LogP contribution is 2.34. The van der Waals surface area contributed by atoms with Gasteiger partial charge < -0.3 is 15.4 Å². The Morgan fingerprint density at radius 1 is 1.29 bits per heavy atom. The van der Waals surface area contributed by atoms with E-state index in [0.29, 0.717) is 22.4 Å². The highest BCUT2D eigenvalue weighted by molar-refractivity contribution is 6.32. The molecule has 6 heteroatoms. The molecule has 0 radical (unpaired) electrons. The highest BCUT2D eigenvalue weighted by atomic mass is 35.5. The third kappa shape index (κ3) is 3.08. The lowest BCUT2D eigenvalue weighted by molar-refractivity contribution is 0.100. The van der Waals surface area contributed by atoms with Crippen molar-refractivity contribution < 1.29 is 9.53 Å². The van der Waals surface area contributed by atoms with Crippen molar-refractivity contribution in [1.29, 1.82) is 0 Å². The van der Waals surface area contributed by atoms with Crippen LogP contribution in [0.3, 0.4) is 0 Å². The van der Waals surface area contributed by atoms with Gasteiger partial charge in [0.25, 0.3) is 0 Å². The molecule has 1 aromatic heterocycles. The van der Waals surface area contributed by atoms with Crippen LogP contribution in [0, 0.1) is 0 Å². The molecule has 0 atom stereocenters. The number of pyridine rings is 1. The van der Waals surface area contributed by atoms with Crippen LogP contribution in [0.5, 0.6) is 5.75 Å². The number of hydrogen-bond acceptors (Lipinski definition) is 4. The molecule has 2 N–H and O–H groups in total. The number of amides is 1. The van der Waals surface area contributed by atoms with Crippen LogP contribution in [0.2, 0.25) is 5.15 Å². The lowest BCUT2D eigenvalue weighted by Gasteiger charge is -2.16. The van der Waals surface area contributed by atoms with Gasteiger partial charge in [-0.15, -0.1) is 0 Å². The van der Waals surface area contributed by atoms with Gasteiger partial charge in [0.05, 0.1) is 13.3 Å². The Balaban J connectivity index is 2.70. The van der Waals surface area contributed by atoms with E-state index >= 15 is 0 Å². The van der Waals surface area contributed by atoms with Gasteiger partial charge in [-0.2, -0.15) is 0 Å². The van der Waals surface area contributed by atoms with Crippen molar-refractivity contribution >= 4 is 23.2 Å². The fraction of sp³-hybridized carbons (Fsp3) is 0.200. The van der Waals surface area contributed by atoms with E-state index in [1.54, 1.807) is 19.2 Å². The zero-order valence-electron chi connectivity index (χ0n) is 12.1. The average Bonchev–Trinajstić information content (AvgIpc) is 2.47. The molecule has 0 unspecified atom stereocenters. The number of halogens is 1. The van der Waals surface area contributed by atoms with E-state index in [0.717, 1.165) is 5.69 Å². The molecule has 110 valence electrons. The largest absolute Gasteiger partial charge is 0.495 e. The third-order valence-electron chi connectivity index (χ3n) is 3.12. The van der Waals surface area contributed by atoms with Crippen molar-refractivity contribution in [2.45, 2.75) is 0 Å². The van der Waals surface area contributed by atoms with Gasteiger partial charge in [-0.1, -0.05) is 11.6 Å². The van der Waals surface area contributed by atoms with Crippen molar-refractivity contribution in [3.05, 3.63) is 41.2 Å². The summed E-state index contributed by atoms with van der Waals surface area (Å²) in [5, 5.41) is 0.286. The van der Waals surface area contributed by atoms with Crippen molar-refractivity contribution in [2.75, 3.05) is 26.1 Å². The first-order valence-corrected chi connectivity index (χ1v) is 6.63. The van der Waals surface area contributed by atoms with Gasteiger partial charge in [-0.05, 0) is 29.8 Å². The number of benzene rings is 1. The predicted octanol–water partition coefficient (Wildman–Crippen LogP) is 2.58. The fourth-order valence-corrected chi connectivity index (χ4v) is 2.18. The first kappa shape index (κ1) is 15.1. The van der Waals surface area contributed by atoms with Crippen molar-refractivity contribution in [3.8, 4) is 16.9 Å². The Bertz CT molecular complexity index is 687. The molecular formula is C15H16ClN3O2. The predicted molar refractivity (Wildman–Crippen MR) is 84.1 cm³/mol. The molecule has 2 rings (SSSR count). The molecule has 0 aliphatic rings. The van der Waals surface area contributed by atoms with E-state index in [1.807, 2.05) is 31.1 Å². The van der Waals surface area contributed by atoms with Gasteiger partial charge in [-0.25, -0.2) is 4.98 Å². The zero-order valence-corrected chi connectivity index (χ0v) is 12.8. The van der Waals surface area contributed by atoms with Crippen LogP contribution in [0.25, 0.3) is 11.1 Å². The van der Waals surface area contributed by atoms with Gasteiger partial charge in [-0.3, -0.25) is 4.79 Å². The SMILES string of the molecule is COc1cnc(Cl)c(-c2cc(N(C)C)ccc2C(N)=O)c1. The summed E-state index contributed by atoms with van der Waals surface area (Å²) in [4.78, 5) is 17.7. The number of hydrogen-bond donors (Lipinski definition) is 1. The number of carbonyl (C=O) groups excluding carboxylic acids is 1. The smallest absolute Gasteiger partial charge is 0.249 e. The van der Waals surface area contributed by atoms with Crippen LogP contribution in [-0.2, 0) is 0 Å². The van der Waals surface area contributed by atoms with Gasteiger partial charge in [0.2, 0.25) is 5.91 Å². The fourth-order valence-electron chi connectivity index (χ4n) is 1.98. The quantitative estimate of drug-likeness (QED) is 0.882. The maximum absolute atomic E-state index is 11.7. The number of rotatable bonds is 4. The molecule has 2 aromatic rings. The molecular weight excluding hydrogens is 290 g/mol. The van der Waals surface area contributed by atoms with Crippen LogP contribution < -0.4 is 15.4 Å². The topological polar surface area (TPSA) is 68.4 Å². The Kier molecular flexibility index (Phi) is 4.33. The van der Waals surface area contributed by atoms with E-state index in [9.17, 15) is 4.79 Å². The number of nitrogens with zero attached hydrogens (tertiary/aromatic N) is 2. The first-order valence-electron chi connectivity index (χ1n) is 6.25. The van der Waals surface area contributed by atoms with Crippen molar-refractivity contribution in [3.63, 3.8) is 0 Å². The first-order chi connectivity index (χ1) is 9.93. The lowest BCUT2D eigenvalue weighted by atomic mass is 9.99. The van der Waals surface area contributed by atoms with Crippen LogP contribution in [-0.4, -0.2) is 32.1 Å². The van der Waals surface area contributed by atoms with Gasteiger partial charge in [0.15, 0.2) is 0 Å². The minimum Gasteiger partial charge on any atom is -0.495 e. The molecule has 21 heavy (non-hydrogen) atoms. The number of aromatic nitrogens is 1. The molecule has 0 aliphatic carbocycles. The normalized spacial score (nSPS) is 10.3. The van der Waals surface area contributed by atoms with E-state index in [2.05, 4.69) is 4.98 Å². The molecule has 0 fully saturated rings. The Labute approximate surface area is 128 Å². The van der Waals surface area contributed by atoms with E-state index in [-0.39, 0.29) is 5.15 Å². The Hall–Kier alpha value is -2.27. The van der Waals surface area contributed by atoms with Crippen molar-refractivity contribution in [2.24, 2.45) is 5.73 Å². The molecule has 0 bridgehead atoms. The summed E-state index contributed by atoms with van der Waals surface area (Å²) in [6, 6.07) is 7.09. The van der Waals surface area contributed by atoms with Crippen LogP contribution in [0.4, 0.5) is 5.69 Å². The summed E-state index contributed by atoms with van der Waals surface area (Å²) in [7, 11) is 5.36. The van der Waals surface area contributed by atoms with Gasteiger partial charge in [0.1, 0.15) is 10.9 Å². The number of ether oxygens (including phenoxy) is 1. The molecule has 0 aliphatic heterocycles. The Morgan fingerprint density at radius 2 is 2.00 bits per heavy atom. The summed E-state index contributed by atoms with van der Waals surface area (Å²) in [6.45, 7) is 0. The lowest BCUT2D eigenvalue weighted by Crippen LogP contribution is -2.14. The number of anilines is 1. The molecule has 0 saturated heterocycles. The summed E-state index contributed by atoms with van der Waals surface area (Å²) in [6.07, 6.45) is 1.52. The second-order valence-electron chi connectivity index (χ2n) is 4.70. The highest BCUT2D eigenvalue weighted by Gasteiger charge is 2.16. The standard InChI is InChI=1S/C15H16ClN3O2/c1-19(2)9-4-5-11(15(17)20)12(6-9)13-7-10(21-3)8-18-14(13)16/h4-8H,1-3H3,(H2,17,20). The minimum absolute atomic E-state index is 0.286. The number of primary amides is 1. The molecule has 0 spiro atoms. The maximum Gasteiger partial charge on any atom is 0.249 e. The Morgan fingerprint density at radius 3 is 2.57 bits per heavy atom. The molecule has 5 nitrogen and oxygen atoms in total. The number of carbonyl (C=O) groups is 1. The number of nitrogens with two attached hydrogens (primary N) is 1. The molecule has 0 saturated carbocycles. The molecule has 1 amide bonds. The van der Waals surface area contributed by atoms with E-state index in [4.69, 9.17) is 22.1 Å². The van der Waals surface area contributed by atoms with E-state index in [1.165, 1.54) is 6.20 Å². The van der Waals surface area contributed by atoms with Crippen LogP contribution in [0.1, 0.15) is 10.4 Å². The second-order valence-corrected chi connectivity index (χ2v) is 5.06. The summed E-state index contributed by atoms with van der Waals surface area (Å²) >= 11 is 6.16. The molecule has 1 heterocycles. The van der Waals surface area contributed by atoms with Crippen LogP contribution in [0.15, 0.2) is 30.5 Å². The monoisotopic (exact) mass is 305 g/mol. The van der Waals surface area contributed by atoms with Crippen molar-refractivity contribution in [1.82, 2.24) is 4.98 Å².